The van der Waals surface area contributed by atoms with Crippen LogP contribution in [0.1, 0.15) is 16.7 Å². The van der Waals surface area contributed by atoms with Gasteiger partial charge in [0.2, 0.25) is 0 Å². The zero-order valence-electron chi connectivity index (χ0n) is 11.7. The van der Waals surface area contributed by atoms with E-state index in [2.05, 4.69) is 91.0 Å². The standard InChI is InChI=1S/C19H15.2Na.H/c1-4-10-16(11-5-1)19(17-12-6-2-7-13-17)18-14-8-3-9-15-18;;;/h1-15H;;;. The van der Waals surface area contributed by atoms with Gasteiger partial charge in [0.1, 0.15) is 0 Å². The van der Waals surface area contributed by atoms with Crippen molar-refractivity contribution < 1.29 is 0 Å². The van der Waals surface area contributed by atoms with Crippen LogP contribution in [0.25, 0.3) is 0 Å². The first kappa shape index (κ1) is 17.0. The van der Waals surface area contributed by atoms with Crippen molar-refractivity contribution in [3.8, 4) is 0 Å². The zero-order valence-corrected chi connectivity index (χ0v) is 13.7. The summed E-state index contributed by atoms with van der Waals surface area (Å²) in [5.74, 6) is 0. The molecule has 0 aliphatic carbocycles. The molecule has 0 spiro atoms. The second kappa shape index (κ2) is 7.78. The molecule has 21 heavy (non-hydrogen) atoms. The molecule has 0 bridgehead atoms. The van der Waals surface area contributed by atoms with Gasteiger partial charge < -0.3 is 0 Å². The minimum atomic E-state index is 0. The molecule has 2 heteroatoms. The fourth-order valence-corrected chi connectivity index (χ4v) is 3.81. The quantitative estimate of drug-likeness (QED) is 0.511. The maximum atomic E-state index is 2.24. The van der Waals surface area contributed by atoms with Gasteiger partial charge >= 0.3 is 168 Å². The third-order valence-corrected chi connectivity index (χ3v) is 5.79. The van der Waals surface area contributed by atoms with Crippen LogP contribution in [0, 0.1) is 0 Å². The van der Waals surface area contributed by atoms with E-state index in [-0.39, 0.29) is 32.2 Å². The molecule has 0 radical (unpaired) electrons. The van der Waals surface area contributed by atoms with Crippen LogP contribution in [0.3, 0.4) is 0 Å². The molecule has 0 fully saturated rings. The van der Waals surface area contributed by atoms with Gasteiger partial charge in [-0.05, 0) is 0 Å². The fourth-order valence-electron chi connectivity index (χ4n) is 2.81. The van der Waals surface area contributed by atoms with Gasteiger partial charge in [-0.3, -0.25) is 0 Å². The van der Waals surface area contributed by atoms with Crippen LogP contribution in [-0.2, 0) is 2.66 Å². The Morgan fingerprint density at radius 2 is 0.714 bits per heavy atom. The van der Waals surface area contributed by atoms with Crippen LogP contribution < -0.4 is 0 Å². The minimum absolute atomic E-state index is 0. The Balaban J connectivity index is 0.00000161. The van der Waals surface area contributed by atoms with Crippen molar-refractivity contribution in [3.63, 3.8) is 0 Å². The van der Waals surface area contributed by atoms with Crippen LogP contribution in [0.4, 0.5) is 0 Å². The molecule has 0 amide bonds. The summed E-state index contributed by atoms with van der Waals surface area (Å²) in [5.41, 5.74) is 4.14. The Hall–Kier alpha value is -0.340. The maximum absolute atomic E-state index is 2.24. The Kier molecular flexibility index (Phi) is 6.31. The number of benzene rings is 3. The molecule has 0 saturated carbocycles. The van der Waals surface area contributed by atoms with Crippen LogP contribution in [-0.4, -0.2) is 57.5 Å². The van der Waals surface area contributed by atoms with E-state index in [9.17, 15) is 0 Å². The van der Waals surface area contributed by atoms with Crippen molar-refractivity contribution in [2.45, 2.75) is 2.66 Å². The predicted octanol–water partition coefficient (Wildman–Crippen LogP) is 3.50. The molecule has 0 unspecified atom stereocenters. The van der Waals surface area contributed by atoms with Crippen LogP contribution in [0.2, 0.25) is 0 Å². The van der Waals surface area contributed by atoms with Gasteiger partial charge in [0, 0.05) is 0 Å². The van der Waals surface area contributed by atoms with E-state index >= 15 is 0 Å². The van der Waals surface area contributed by atoms with E-state index in [0.717, 1.165) is 27.9 Å². The van der Waals surface area contributed by atoms with Crippen LogP contribution >= 0.6 is 0 Å². The first-order chi connectivity index (χ1) is 9.82. The third-order valence-electron chi connectivity index (χ3n) is 4.05. The Morgan fingerprint density at radius 1 is 0.476 bits per heavy atom. The molecule has 0 aromatic heterocycles. The van der Waals surface area contributed by atoms with Crippen molar-refractivity contribution in [2.75, 3.05) is 0 Å². The first-order valence-corrected chi connectivity index (χ1v) is 7.98. The molecule has 0 aliphatic rings. The predicted molar refractivity (Wildman–Crippen MR) is 92.1 cm³/mol. The summed E-state index contributed by atoms with van der Waals surface area (Å²) in [6.45, 7) is 0. The van der Waals surface area contributed by atoms with E-state index in [1.807, 2.05) is 0 Å². The molecule has 0 saturated heterocycles. The summed E-state index contributed by atoms with van der Waals surface area (Å²) in [7, 11) is 0. The van der Waals surface area contributed by atoms with Gasteiger partial charge in [-0.25, -0.2) is 0 Å². The normalized spacial score (nSPS) is 10.8. The second-order valence-electron chi connectivity index (χ2n) is 5.22. The van der Waals surface area contributed by atoms with E-state index in [1.54, 1.807) is 0 Å². The van der Waals surface area contributed by atoms with Gasteiger partial charge in [-0.2, -0.15) is 0 Å². The van der Waals surface area contributed by atoms with E-state index in [4.69, 9.17) is 0 Å². The van der Waals surface area contributed by atoms with E-state index in [1.165, 1.54) is 16.7 Å². The van der Waals surface area contributed by atoms with Gasteiger partial charge in [0.05, 0.1) is 0 Å². The van der Waals surface area contributed by atoms with Gasteiger partial charge in [-0.15, -0.1) is 0 Å². The molecule has 3 aromatic carbocycles. The van der Waals surface area contributed by atoms with Crippen molar-refractivity contribution in [2.24, 2.45) is 0 Å². The van der Waals surface area contributed by atoms with Crippen LogP contribution in [0.15, 0.2) is 91.0 Å². The Bertz CT molecular complexity index is 567. The average molecular weight is 290 g/mol. The second-order valence-corrected chi connectivity index (χ2v) is 6.72. The van der Waals surface area contributed by atoms with E-state index in [0.29, 0.717) is 0 Å². The summed E-state index contributed by atoms with van der Waals surface area (Å²) >= 11 is 1.03. The van der Waals surface area contributed by atoms with Crippen molar-refractivity contribution in [1.82, 2.24) is 0 Å². The molecule has 94 valence electrons. The molecule has 3 aromatic rings. The molecular weight excluding hydrogens is 274 g/mol. The summed E-state index contributed by atoms with van der Waals surface area (Å²) in [6, 6.07) is 32.5. The average Bonchev–Trinajstić information content (AvgIpc) is 2.56. The molecule has 3 rings (SSSR count). The van der Waals surface area contributed by atoms with Gasteiger partial charge in [-0.1, -0.05) is 0 Å². The van der Waals surface area contributed by atoms with Gasteiger partial charge in [0.25, 0.3) is 0 Å². The molecule has 0 atom stereocenters. The first-order valence-electron chi connectivity index (χ1n) is 6.98. The molecule has 0 heterocycles. The van der Waals surface area contributed by atoms with Crippen molar-refractivity contribution in [3.05, 3.63) is 108 Å². The SMILES string of the molecule is [NaH].[Na][C](c1ccccc1)(c1ccccc1)c1ccccc1. The number of hydrogen-bond donors (Lipinski definition) is 0. The summed E-state index contributed by atoms with van der Waals surface area (Å²) in [4.78, 5) is 0. The zero-order chi connectivity index (χ0) is 13.8. The Morgan fingerprint density at radius 3 is 0.952 bits per heavy atom. The molecule has 0 N–H and O–H groups in total. The third kappa shape index (κ3) is 3.53. The van der Waals surface area contributed by atoms with Crippen molar-refractivity contribution in [1.29, 1.82) is 0 Å². The van der Waals surface area contributed by atoms with Crippen LogP contribution in [0.5, 0.6) is 0 Å². The summed E-state index contributed by atoms with van der Waals surface area (Å²) in [5, 5.41) is 0. The molecule has 0 aliphatic heterocycles. The number of rotatable bonds is 3. The fraction of sp³-hybridized carbons (Fsp3) is 0.0526. The topological polar surface area (TPSA) is 0 Å². The summed E-state index contributed by atoms with van der Waals surface area (Å²) < 4.78 is 0.0176. The molecular formula is C19H16Na2. The number of hydrogen-bond acceptors (Lipinski definition) is 0. The summed E-state index contributed by atoms with van der Waals surface area (Å²) in [6.07, 6.45) is 0. The molecule has 0 nitrogen and oxygen atoms in total. The monoisotopic (exact) mass is 290 g/mol. The Labute approximate surface area is 166 Å². The van der Waals surface area contributed by atoms with E-state index < -0.39 is 0 Å². The van der Waals surface area contributed by atoms with Gasteiger partial charge in [0.15, 0.2) is 0 Å². The van der Waals surface area contributed by atoms with Crippen molar-refractivity contribution >= 4 is 57.5 Å².